The first-order valence-electron chi connectivity index (χ1n) is 8.58. The number of thioether (sulfide) groups is 1. The molecule has 0 radical (unpaired) electrons. The fourth-order valence-corrected chi connectivity index (χ4v) is 5.25. The standard InChI is InChI=1S/C18H28N2S/c1-3-15-17(4-2)21-18-10-6-5-9-16(18)20(15)14-13-19-11-7-8-12-19/h5-6,9-10,15,17H,3-4,7-8,11-14H2,1-2H3. The van der Waals surface area contributed by atoms with Gasteiger partial charge >= 0.3 is 0 Å². The molecule has 1 aromatic rings. The summed E-state index contributed by atoms with van der Waals surface area (Å²) in [4.78, 5) is 6.83. The molecule has 0 N–H and O–H groups in total. The third-order valence-corrected chi connectivity index (χ3v) is 6.51. The monoisotopic (exact) mass is 304 g/mol. The second kappa shape index (κ2) is 7.06. The maximum absolute atomic E-state index is 2.71. The summed E-state index contributed by atoms with van der Waals surface area (Å²) in [7, 11) is 0. The summed E-state index contributed by atoms with van der Waals surface area (Å²) in [6.07, 6.45) is 5.29. The molecule has 1 saturated heterocycles. The Bertz CT molecular complexity index is 456. The lowest BCUT2D eigenvalue weighted by molar-refractivity contribution is 0.337. The van der Waals surface area contributed by atoms with Crippen molar-refractivity contribution in [3.63, 3.8) is 0 Å². The molecule has 21 heavy (non-hydrogen) atoms. The van der Waals surface area contributed by atoms with E-state index in [4.69, 9.17) is 0 Å². The zero-order valence-electron chi connectivity index (χ0n) is 13.4. The van der Waals surface area contributed by atoms with Gasteiger partial charge in [-0.2, -0.15) is 0 Å². The molecule has 0 saturated carbocycles. The fourth-order valence-electron chi connectivity index (χ4n) is 3.80. The Labute approximate surface area is 133 Å². The minimum absolute atomic E-state index is 0.692. The number of anilines is 1. The van der Waals surface area contributed by atoms with Crippen molar-refractivity contribution < 1.29 is 0 Å². The van der Waals surface area contributed by atoms with Gasteiger partial charge in [0.05, 0.1) is 5.69 Å². The van der Waals surface area contributed by atoms with E-state index in [1.54, 1.807) is 0 Å². The van der Waals surface area contributed by atoms with Gasteiger partial charge in [0, 0.05) is 29.3 Å². The van der Waals surface area contributed by atoms with E-state index in [1.807, 2.05) is 0 Å². The minimum Gasteiger partial charge on any atom is -0.365 e. The Morgan fingerprint density at radius 3 is 2.52 bits per heavy atom. The van der Waals surface area contributed by atoms with Crippen molar-refractivity contribution in [1.82, 2.24) is 4.90 Å². The van der Waals surface area contributed by atoms with Gasteiger partial charge in [-0.3, -0.25) is 0 Å². The molecule has 2 nitrogen and oxygen atoms in total. The SMILES string of the molecule is CCC1Sc2ccccc2N(CCN2CCCC2)C1CC. The van der Waals surface area contributed by atoms with Crippen molar-refractivity contribution >= 4 is 17.4 Å². The molecule has 0 spiro atoms. The van der Waals surface area contributed by atoms with E-state index in [0.29, 0.717) is 6.04 Å². The summed E-state index contributed by atoms with van der Waals surface area (Å²) in [5.74, 6) is 0. The molecule has 2 aliphatic rings. The van der Waals surface area contributed by atoms with Crippen LogP contribution in [0.5, 0.6) is 0 Å². The maximum Gasteiger partial charge on any atom is 0.0507 e. The van der Waals surface area contributed by atoms with E-state index >= 15 is 0 Å². The molecule has 116 valence electrons. The second-order valence-corrected chi connectivity index (χ2v) is 7.53. The molecule has 0 bridgehead atoms. The molecule has 0 amide bonds. The van der Waals surface area contributed by atoms with E-state index in [2.05, 4.69) is 59.7 Å². The van der Waals surface area contributed by atoms with Crippen LogP contribution in [0.15, 0.2) is 29.2 Å². The zero-order chi connectivity index (χ0) is 14.7. The lowest BCUT2D eigenvalue weighted by Gasteiger charge is -2.43. The Balaban J connectivity index is 1.79. The molecule has 2 aliphatic heterocycles. The first kappa shape index (κ1) is 15.2. The van der Waals surface area contributed by atoms with Gasteiger partial charge in [-0.05, 0) is 50.9 Å². The summed E-state index contributed by atoms with van der Waals surface area (Å²) in [6, 6.07) is 9.70. The van der Waals surface area contributed by atoms with Crippen LogP contribution in [0, 0.1) is 0 Å². The third-order valence-electron chi connectivity index (χ3n) is 4.96. The van der Waals surface area contributed by atoms with Crippen LogP contribution in [0.1, 0.15) is 39.5 Å². The van der Waals surface area contributed by atoms with E-state index < -0.39 is 0 Å². The van der Waals surface area contributed by atoms with Gasteiger partial charge < -0.3 is 9.80 Å². The Morgan fingerprint density at radius 2 is 1.81 bits per heavy atom. The van der Waals surface area contributed by atoms with Crippen molar-refractivity contribution in [3.05, 3.63) is 24.3 Å². The highest BCUT2D eigenvalue weighted by atomic mass is 32.2. The van der Waals surface area contributed by atoms with Gasteiger partial charge in [0.25, 0.3) is 0 Å². The highest BCUT2D eigenvalue weighted by Gasteiger charge is 2.32. The van der Waals surface area contributed by atoms with Crippen LogP contribution in [0.2, 0.25) is 0 Å². The predicted octanol–water partition coefficient (Wildman–Crippen LogP) is 4.25. The molecular weight excluding hydrogens is 276 g/mol. The molecule has 1 aromatic carbocycles. The Kier molecular flexibility index (Phi) is 5.12. The molecule has 2 atom stereocenters. The summed E-state index contributed by atoms with van der Waals surface area (Å²) in [5, 5.41) is 0.739. The van der Waals surface area contributed by atoms with Gasteiger partial charge in [0.2, 0.25) is 0 Å². The largest absolute Gasteiger partial charge is 0.365 e. The van der Waals surface area contributed by atoms with E-state index in [1.165, 1.54) is 62.4 Å². The first-order chi connectivity index (χ1) is 10.3. The van der Waals surface area contributed by atoms with Crippen molar-refractivity contribution in [2.45, 2.75) is 55.7 Å². The maximum atomic E-state index is 2.71. The molecule has 3 rings (SSSR count). The van der Waals surface area contributed by atoms with E-state index in [9.17, 15) is 0 Å². The van der Waals surface area contributed by atoms with Crippen LogP contribution < -0.4 is 4.90 Å². The van der Waals surface area contributed by atoms with Gasteiger partial charge in [-0.25, -0.2) is 0 Å². The Morgan fingerprint density at radius 1 is 1.05 bits per heavy atom. The Hall–Kier alpha value is -0.670. The number of rotatable bonds is 5. The highest BCUT2D eigenvalue weighted by molar-refractivity contribution is 8.00. The van der Waals surface area contributed by atoms with E-state index in [-0.39, 0.29) is 0 Å². The number of hydrogen-bond acceptors (Lipinski definition) is 3. The van der Waals surface area contributed by atoms with Crippen LogP contribution >= 0.6 is 11.8 Å². The molecule has 0 aromatic heterocycles. The normalized spacial score (nSPS) is 26.1. The average Bonchev–Trinajstić information content (AvgIpc) is 3.04. The smallest absolute Gasteiger partial charge is 0.0507 e. The van der Waals surface area contributed by atoms with Crippen LogP contribution in [0.25, 0.3) is 0 Å². The van der Waals surface area contributed by atoms with E-state index in [0.717, 1.165) is 5.25 Å². The molecule has 1 fully saturated rings. The van der Waals surface area contributed by atoms with Crippen LogP contribution in [-0.2, 0) is 0 Å². The number of hydrogen-bond donors (Lipinski definition) is 0. The van der Waals surface area contributed by atoms with Gasteiger partial charge in [0.15, 0.2) is 0 Å². The molecule has 2 unspecified atom stereocenters. The quantitative estimate of drug-likeness (QED) is 0.803. The first-order valence-corrected chi connectivity index (χ1v) is 9.46. The lowest BCUT2D eigenvalue weighted by atomic mass is 10.0. The van der Waals surface area contributed by atoms with Crippen LogP contribution in [-0.4, -0.2) is 42.4 Å². The number of fused-ring (bicyclic) bond motifs is 1. The number of benzene rings is 1. The number of likely N-dealkylation sites (tertiary alicyclic amines) is 1. The van der Waals surface area contributed by atoms with Gasteiger partial charge in [-0.1, -0.05) is 26.0 Å². The summed E-state index contributed by atoms with van der Waals surface area (Å²) in [6.45, 7) is 9.71. The third kappa shape index (κ3) is 3.24. The minimum atomic E-state index is 0.692. The molecule has 3 heteroatoms. The number of para-hydroxylation sites is 1. The second-order valence-electron chi connectivity index (χ2n) is 6.25. The molecular formula is C18H28N2S. The van der Waals surface area contributed by atoms with Gasteiger partial charge in [0.1, 0.15) is 0 Å². The fraction of sp³-hybridized carbons (Fsp3) is 0.667. The van der Waals surface area contributed by atoms with Gasteiger partial charge in [-0.15, -0.1) is 11.8 Å². The summed E-state index contributed by atoms with van der Waals surface area (Å²) in [5.41, 5.74) is 1.47. The van der Waals surface area contributed by atoms with Crippen molar-refractivity contribution in [3.8, 4) is 0 Å². The van der Waals surface area contributed by atoms with Crippen molar-refractivity contribution in [2.24, 2.45) is 0 Å². The summed E-state index contributed by atoms with van der Waals surface area (Å²) >= 11 is 2.10. The van der Waals surface area contributed by atoms with Crippen molar-refractivity contribution in [2.75, 3.05) is 31.1 Å². The van der Waals surface area contributed by atoms with Crippen molar-refractivity contribution in [1.29, 1.82) is 0 Å². The highest BCUT2D eigenvalue weighted by Crippen LogP contribution is 2.43. The average molecular weight is 305 g/mol. The molecule has 0 aliphatic carbocycles. The summed E-state index contributed by atoms with van der Waals surface area (Å²) < 4.78 is 0. The predicted molar refractivity (Wildman–Crippen MR) is 93.5 cm³/mol. The lowest BCUT2D eigenvalue weighted by Crippen LogP contribution is -2.47. The number of nitrogens with zero attached hydrogens (tertiary/aromatic N) is 2. The molecule has 2 heterocycles. The van der Waals surface area contributed by atoms with Crippen LogP contribution in [0.3, 0.4) is 0 Å². The zero-order valence-corrected chi connectivity index (χ0v) is 14.2. The van der Waals surface area contributed by atoms with Crippen LogP contribution in [0.4, 0.5) is 5.69 Å². The topological polar surface area (TPSA) is 6.48 Å².